The lowest BCUT2D eigenvalue weighted by molar-refractivity contribution is 0.309. The second kappa shape index (κ2) is 11.8. The SMILES string of the molecule is CCCCOc1ccc2c3ccnc(C=Cc4ccc(OC)cc4)c3n(CCCc3ccccc3)c2c1. The van der Waals surface area contributed by atoms with Crippen LogP contribution < -0.4 is 9.47 Å². The number of benzene rings is 3. The molecule has 0 aliphatic rings. The Morgan fingerprint density at radius 1 is 0.838 bits per heavy atom. The molecule has 0 fully saturated rings. The molecular formula is C33H34N2O2. The van der Waals surface area contributed by atoms with Crippen molar-refractivity contribution in [3.8, 4) is 11.5 Å². The summed E-state index contributed by atoms with van der Waals surface area (Å²) in [5.74, 6) is 1.78. The van der Waals surface area contributed by atoms with E-state index in [1.807, 2.05) is 18.3 Å². The number of ether oxygens (including phenoxy) is 2. The highest BCUT2D eigenvalue weighted by Gasteiger charge is 2.15. The van der Waals surface area contributed by atoms with E-state index in [2.05, 4.69) is 90.4 Å². The minimum absolute atomic E-state index is 0.744. The molecule has 2 heterocycles. The predicted octanol–water partition coefficient (Wildman–Crippen LogP) is 8.18. The minimum Gasteiger partial charge on any atom is -0.497 e. The van der Waals surface area contributed by atoms with Crippen LogP contribution in [0.25, 0.3) is 34.0 Å². The normalized spacial score (nSPS) is 11.5. The van der Waals surface area contributed by atoms with E-state index in [1.165, 1.54) is 27.4 Å². The molecule has 37 heavy (non-hydrogen) atoms. The molecule has 0 aliphatic carbocycles. The lowest BCUT2D eigenvalue weighted by atomic mass is 10.1. The molecule has 0 saturated heterocycles. The highest BCUT2D eigenvalue weighted by Crippen LogP contribution is 2.34. The van der Waals surface area contributed by atoms with E-state index in [1.54, 1.807) is 7.11 Å². The Bertz CT molecular complexity index is 1480. The van der Waals surface area contributed by atoms with Gasteiger partial charge in [-0.3, -0.25) is 4.98 Å². The van der Waals surface area contributed by atoms with Crippen molar-refractivity contribution in [3.05, 3.63) is 102 Å². The molecule has 5 rings (SSSR count). The van der Waals surface area contributed by atoms with Gasteiger partial charge in [-0.2, -0.15) is 0 Å². The van der Waals surface area contributed by atoms with Gasteiger partial charge in [-0.1, -0.05) is 61.9 Å². The Hall–Kier alpha value is -4.05. The summed E-state index contributed by atoms with van der Waals surface area (Å²) in [4.78, 5) is 4.80. The third-order valence-electron chi connectivity index (χ3n) is 6.78. The molecule has 2 aromatic heterocycles. The number of fused-ring (bicyclic) bond motifs is 3. The van der Waals surface area contributed by atoms with Crippen molar-refractivity contribution < 1.29 is 9.47 Å². The first kappa shape index (κ1) is 24.6. The zero-order valence-electron chi connectivity index (χ0n) is 21.7. The third-order valence-corrected chi connectivity index (χ3v) is 6.78. The predicted molar refractivity (Wildman–Crippen MR) is 154 cm³/mol. The van der Waals surface area contributed by atoms with Crippen molar-refractivity contribution in [2.75, 3.05) is 13.7 Å². The van der Waals surface area contributed by atoms with Gasteiger partial charge in [0, 0.05) is 29.6 Å². The Balaban J connectivity index is 1.54. The van der Waals surface area contributed by atoms with Gasteiger partial charge in [-0.25, -0.2) is 0 Å². The van der Waals surface area contributed by atoms with Gasteiger partial charge >= 0.3 is 0 Å². The van der Waals surface area contributed by atoms with Crippen LogP contribution in [-0.4, -0.2) is 23.3 Å². The van der Waals surface area contributed by atoms with Gasteiger partial charge in [0.05, 0.1) is 30.4 Å². The van der Waals surface area contributed by atoms with Crippen LogP contribution >= 0.6 is 0 Å². The molecule has 5 aromatic rings. The van der Waals surface area contributed by atoms with Crippen molar-refractivity contribution in [3.63, 3.8) is 0 Å². The molecule has 0 saturated carbocycles. The Labute approximate surface area is 219 Å². The van der Waals surface area contributed by atoms with E-state index in [-0.39, 0.29) is 0 Å². The third kappa shape index (κ3) is 5.69. The molecule has 188 valence electrons. The number of hydrogen-bond donors (Lipinski definition) is 0. The van der Waals surface area contributed by atoms with Gasteiger partial charge in [0.2, 0.25) is 0 Å². The first-order valence-electron chi connectivity index (χ1n) is 13.2. The summed E-state index contributed by atoms with van der Waals surface area (Å²) < 4.78 is 13.8. The van der Waals surface area contributed by atoms with Crippen LogP contribution in [0.3, 0.4) is 0 Å². The Morgan fingerprint density at radius 3 is 2.43 bits per heavy atom. The molecule has 4 heteroatoms. The second-order valence-corrected chi connectivity index (χ2v) is 9.32. The summed E-state index contributed by atoms with van der Waals surface area (Å²) in [7, 11) is 1.69. The van der Waals surface area contributed by atoms with Gasteiger partial charge in [0.15, 0.2) is 0 Å². The number of pyridine rings is 1. The van der Waals surface area contributed by atoms with Gasteiger partial charge in [0.25, 0.3) is 0 Å². The maximum atomic E-state index is 6.08. The van der Waals surface area contributed by atoms with Crippen LogP contribution in [0.4, 0.5) is 0 Å². The number of aryl methyl sites for hydroxylation is 2. The molecule has 0 atom stereocenters. The number of unbranched alkanes of at least 4 members (excludes halogenated alkanes) is 1. The smallest absolute Gasteiger partial charge is 0.121 e. The average molecular weight is 491 g/mol. The van der Waals surface area contributed by atoms with E-state index in [0.717, 1.165) is 61.6 Å². The van der Waals surface area contributed by atoms with Crippen molar-refractivity contribution in [1.82, 2.24) is 9.55 Å². The topological polar surface area (TPSA) is 36.3 Å². The molecule has 3 aromatic carbocycles. The zero-order chi connectivity index (χ0) is 25.5. The molecule has 4 nitrogen and oxygen atoms in total. The summed E-state index contributed by atoms with van der Waals surface area (Å²) in [6.07, 6.45) is 10.4. The molecular weight excluding hydrogens is 456 g/mol. The van der Waals surface area contributed by atoms with E-state index < -0.39 is 0 Å². The highest BCUT2D eigenvalue weighted by atomic mass is 16.5. The maximum Gasteiger partial charge on any atom is 0.121 e. The maximum absolute atomic E-state index is 6.08. The fourth-order valence-electron chi connectivity index (χ4n) is 4.81. The fourth-order valence-corrected chi connectivity index (χ4v) is 4.81. The highest BCUT2D eigenvalue weighted by molar-refractivity contribution is 6.10. The molecule has 0 bridgehead atoms. The standard InChI is InChI=1S/C33H34N2O2/c1-3-4-23-37-28-17-18-29-30-20-21-34-31(19-14-26-12-15-27(36-2)16-13-26)33(30)35(32(29)24-28)22-8-11-25-9-6-5-7-10-25/h5-7,9-10,12-21,24H,3-4,8,11,22-23H2,1-2H3. The van der Waals surface area contributed by atoms with Gasteiger partial charge in [-0.05, 0) is 66.8 Å². The molecule has 0 N–H and O–H groups in total. The molecule has 0 amide bonds. The van der Waals surface area contributed by atoms with Gasteiger partial charge in [0.1, 0.15) is 11.5 Å². The molecule has 0 radical (unpaired) electrons. The van der Waals surface area contributed by atoms with E-state index in [9.17, 15) is 0 Å². The number of aromatic nitrogens is 2. The van der Waals surface area contributed by atoms with Crippen LogP contribution in [0.15, 0.2) is 85.1 Å². The summed E-state index contributed by atoms with van der Waals surface area (Å²) >= 11 is 0. The average Bonchev–Trinajstić information content (AvgIpc) is 3.26. The van der Waals surface area contributed by atoms with Crippen LogP contribution in [0.5, 0.6) is 11.5 Å². The van der Waals surface area contributed by atoms with Gasteiger partial charge < -0.3 is 14.0 Å². The van der Waals surface area contributed by atoms with Crippen LogP contribution in [-0.2, 0) is 13.0 Å². The lowest BCUT2D eigenvalue weighted by Gasteiger charge is -2.11. The summed E-state index contributed by atoms with van der Waals surface area (Å²) in [6, 6.07) is 27.4. The van der Waals surface area contributed by atoms with Crippen molar-refractivity contribution in [2.45, 2.75) is 39.2 Å². The number of rotatable bonds is 11. The first-order chi connectivity index (χ1) is 18.3. The van der Waals surface area contributed by atoms with Crippen molar-refractivity contribution in [2.24, 2.45) is 0 Å². The number of hydrogen-bond acceptors (Lipinski definition) is 3. The quantitative estimate of drug-likeness (QED) is 0.175. The second-order valence-electron chi connectivity index (χ2n) is 9.32. The summed E-state index contributed by atoms with van der Waals surface area (Å²) in [5, 5.41) is 2.46. The first-order valence-corrected chi connectivity index (χ1v) is 13.2. The molecule has 0 spiro atoms. The number of methoxy groups -OCH3 is 1. The van der Waals surface area contributed by atoms with Crippen LogP contribution in [0, 0.1) is 0 Å². The zero-order valence-corrected chi connectivity index (χ0v) is 21.7. The monoisotopic (exact) mass is 490 g/mol. The van der Waals surface area contributed by atoms with Crippen LogP contribution in [0.1, 0.15) is 43.0 Å². The van der Waals surface area contributed by atoms with Crippen LogP contribution in [0.2, 0.25) is 0 Å². The fraction of sp³-hybridized carbons (Fsp3) is 0.242. The minimum atomic E-state index is 0.744. The van der Waals surface area contributed by atoms with Crippen molar-refractivity contribution in [1.29, 1.82) is 0 Å². The van der Waals surface area contributed by atoms with E-state index in [0.29, 0.717) is 0 Å². The Kier molecular flexibility index (Phi) is 7.85. The van der Waals surface area contributed by atoms with E-state index in [4.69, 9.17) is 14.5 Å². The summed E-state index contributed by atoms with van der Waals surface area (Å²) in [6.45, 7) is 3.83. The molecule has 0 aliphatic heterocycles. The van der Waals surface area contributed by atoms with Gasteiger partial charge in [-0.15, -0.1) is 0 Å². The largest absolute Gasteiger partial charge is 0.497 e. The van der Waals surface area contributed by atoms with Crippen molar-refractivity contribution >= 4 is 34.0 Å². The lowest BCUT2D eigenvalue weighted by Crippen LogP contribution is -2.02. The van der Waals surface area contributed by atoms with E-state index >= 15 is 0 Å². The number of nitrogens with zero attached hydrogens (tertiary/aromatic N) is 2. The molecule has 0 unspecified atom stereocenters. The summed E-state index contributed by atoms with van der Waals surface area (Å²) in [5.41, 5.74) is 5.81. The Morgan fingerprint density at radius 2 is 1.65 bits per heavy atom.